The average Bonchev–Trinajstić information content (AvgIpc) is 2.34. The Morgan fingerprint density at radius 1 is 1.56 bits per heavy atom. The molecule has 0 heterocycles. The first-order valence-electron chi connectivity index (χ1n) is 5.67. The van der Waals surface area contributed by atoms with Crippen LogP contribution >= 0.6 is 0 Å². The number of aromatic hydroxyl groups is 1. The van der Waals surface area contributed by atoms with Gasteiger partial charge < -0.3 is 19.7 Å². The third-order valence-corrected chi connectivity index (χ3v) is 2.60. The second-order valence-electron chi connectivity index (χ2n) is 4.02. The number of benzene rings is 1. The van der Waals surface area contributed by atoms with Crippen LogP contribution in [0, 0.1) is 5.92 Å². The second kappa shape index (κ2) is 6.64. The van der Waals surface area contributed by atoms with Crippen LogP contribution in [-0.2, 0) is 4.79 Å². The number of rotatable bonds is 7. The van der Waals surface area contributed by atoms with Crippen molar-refractivity contribution in [2.75, 3.05) is 6.61 Å². The molecule has 5 nitrogen and oxygen atoms in total. The molecule has 0 fully saturated rings. The molecule has 0 saturated heterocycles. The van der Waals surface area contributed by atoms with Crippen LogP contribution in [0.4, 0.5) is 0 Å². The molecule has 0 amide bonds. The smallest absolute Gasteiger partial charge is 0.157 e. The van der Waals surface area contributed by atoms with E-state index < -0.39 is 11.9 Å². The van der Waals surface area contributed by atoms with Crippen molar-refractivity contribution < 1.29 is 24.5 Å². The summed E-state index contributed by atoms with van der Waals surface area (Å²) in [6, 6.07) is 4.54. The normalized spacial score (nSPS) is 11.8. The Labute approximate surface area is 105 Å². The zero-order valence-electron chi connectivity index (χ0n) is 10.1. The number of hydrogen-bond donors (Lipinski definition) is 1. The van der Waals surface area contributed by atoms with Crippen LogP contribution in [0.2, 0.25) is 0 Å². The summed E-state index contributed by atoms with van der Waals surface area (Å²) in [4.78, 5) is 21.2. The van der Waals surface area contributed by atoms with Gasteiger partial charge in [-0.3, -0.25) is 4.79 Å². The molecule has 0 aliphatic heterocycles. The zero-order chi connectivity index (χ0) is 13.5. The van der Waals surface area contributed by atoms with Gasteiger partial charge in [0, 0.05) is 5.97 Å². The van der Waals surface area contributed by atoms with Crippen molar-refractivity contribution in [2.24, 2.45) is 5.92 Å². The number of carboxylic acids is 1. The number of carboxylic acid groups (broad SMARTS) is 1. The van der Waals surface area contributed by atoms with Crippen molar-refractivity contribution >= 4 is 12.3 Å². The van der Waals surface area contributed by atoms with Gasteiger partial charge in [0.2, 0.25) is 0 Å². The van der Waals surface area contributed by atoms with Crippen LogP contribution in [0.1, 0.15) is 30.1 Å². The summed E-state index contributed by atoms with van der Waals surface area (Å²) in [5.74, 6) is -1.44. The van der Waals surface area contributed by atoms with Crippen molar-refractivity contribution in [3.63, 3.8) is 0 Å². The van der Waals surface area contributed by atoms with Gasteiger partial charge in [0.1, 0.15) is 11.5 Å². The summed E-state index contributed by atoms with van der Waals surface area (Å²) in [7, 11) is 0. The third kappa shape index (κ3) is 3.76. The van der Waals surface area contributed by atoms with Gasteiger partial charge in [0.05, 0.1) is 12.2 Å². The van der Waals surface area contributed by atoms with Gasteiger partial charge in [0.15, 0.2) is 6.29 Å². The summed E-state index contributed by atoms with van der Waals surface area (Å²) < 4.78 is 5.33. The number of phenols is 1. The molecule has 0 aliphatic carbocycles. The van der Waals surface area contributed by atoms with Crippen molar-refractivity contribution in [3.05, 3.63) is 23.8 Å². The van der Waals surface area contributed by atoms with E-state index in [1.54, 1.807) is 19.1 Å². The van der Waals surface area contributed by atoms with E-state index in [4.69, 9.17) is 4.74 Å². The number of phenolic OH excluding ortho intramolecular Hbond substituents is 1. The maximum Gasteiger partial charge on any atom is 0.157 e. The highest BCUT2D eigenvalue weighted by atomic mass is 16.5. The molecule has 1 rings (SSSR count). The molecule has 1 N–H and O–H groups in total. The van der Waals surface area contributed by atoms with E-state index in [1.165, 1.54) is 6.07 Å². The fourth-order valence-corrected chi connectivity index (χ4v) is 1.47. The van der Waals surface area contributed by atoms with Crippen LogP contribution < -0.4 is 9.84 Å². The second-order valence-corrected chi connectivity index (χ2v) is 4.02. The lowest BCUT2D eigenvalue weighted by atomic mass is 10.1. The molecule has 18 heavy (non-hydrogen) atoms. The highest BCUT2D eigenvalue weighted by Gasteiger charge is 2.08. The Hall–Kier alpha value is -2.04. The van der Waals surface area contributed by atoms with E-state index in [9.17, 15) is 19.8 Å². The molecule has 0 spiro atoms. The number of carbonyl (C=O) groups is 2. The first kappa shape index (κ1) is 14.0. The largest absolute Gasteiger partial charge is 0.550 e. The predicted molar refractivity (Wildman–Crippen MR) is 62.4 cm³/mol. The molecule has 0 aromatic heterocycles. The number of ether oxygens (including phenoxy) is 1. The Bertz CT molecular complexity index is 427. The predicted octanol–water partition coefficient (Wildman–Crippen LogP) is 0.750. The first-order valence-corrected chi connectivity index (χ1v) is 5.67. The highest BCUT2D eigenvalue weighted by Crippen LogP contribution is 2.25. The molecule has 5 heteroatoms. The highest BCUT2D eigenvalue weighted by molar-refractivity contribution is 5.83. The number of aldehydes is 1. The van der Waals surface area contributed by atoms with Crippen LogP contribution in [0.5, 0.6) is 11.5 Å². The van der Waals surface area contributed by atoms with Crippen molar-refractivity contribution in [2.45, 2.75) is 19.8 Å². The first-order chi connectivity index (χ1) is 8.56. The summed E-state index contributed by atoms with van der Waals surface area (Å²) in [5.41, 5.74) is 0.102. The number of aliphatic carboxylic acids is 1. The van der Waals surface area contributed by atoms with E-state index >= 15 is 0 Å². The van der Waals surface area contributed by atoms with Crippen molar-refractivity contribution in [3.8, 4) is 11.5 Å². The molecule has 98 valence electrons. The van der Waals surface area contributed by atoms with E-state index in [0.717, 1.165) is 0 Å². The fourth-order valence-electron chi connectivity index (χ4n) is 1.47. The zero-order valence-corrected chi connectivity index (χ0v) is 10.1. The van der Waals surface area contributed by atoms with E-state index in [2.05, 4.69) is 0 Å². The van der Waals surface area contributed by atoms with Gasteiger partial charge in [-0.15, -0.1) is 0 Å². The summed E-state index contributed by atoms with van der Waals surface area (Å²) in [6.45, 7) is 1.85. The topological polar surface area (TPSA) is 86.7 Å². The van der Waals surface area contributed by atoms with Gasteiger partial charge >= 0.3 is 0 Å². The van der Waals surface area contributed by atoms with Crippen LogP contribution in [0.15, 0.2) is 18.2 Å². The van der Waals surface area contributed by atoms with Gasteiger partial charge in [-0.05, 0) is 30.9 Å². The van der Waals surface area contributed by atoms with Gasteiger partial charge in [-0.25, -0.2) is 0 Å². The summed E-state index contributed by atoms with van der Waals surface area (Å²) >= 11 is 0. The Kier molecular flexibility index (Phi) is 5.17. The molecular formula is C13H15O5-. The maximum atomic E-state index is 10.8. The van der Waals surface area contributed by atoms with Crippen LogP contribution in [-0.4, -0.2) is 24.0 Å². The summed E-state index contributed by atoms with van der Waals surface area (Å²) in [5, 5.41) is 19.9. The van der Waals surface area contributed by atoms with Crippen LogP contribution in [0.3, 0.4) is 0 Å². The molecule has 0 aliphatic rings. The molecule has 1 unspecified atom stereocenters. The van der Waals surface area contributed by atoms with Crippen molar-refractivity contribution in [1.82, 2.24) is 0 Å². The lowest BCUT2D eigenvalue weighted by Crippen LogP contribution is -2.29. The molecule has 1 aromatic rings. The minimum Gasteiger partial charge on any atom is -0.550 e. The summed E-state index contributed by atoms with van der Waals surface area (Å²) in [6.07, 6.45) is 1.50. The minimum atomic E-state index is -1.08. The van der Waals surface area contributed by atoms with E-state index in [0.29, 0.717) is 24.9 Å². The van der Waals surface area contributed by atoms with Gasteiger partial charge in [-0.1, -0.05) is 13.0 Å². The Balaban J connectivity index is 2.47. The average molecular weight is 251 g/mol. The minimum absolute atomic E-state index is 0.102. The number of hydrogen-bond acceptors (Lipinski definition) is 5. The Morgan fingerprint density at radius 2 is 2.28 bits per heavy atom. The molecule has 0 bridgehead atoms. The third-order valence-electron chi connectivity index (χ3n) is 2.60. The standard InChI is InChI=1S/C13H16O5/c1-9(13(16)17)4-3-7-18-12-6-2-5-11(15)10(12)8-14/h2,5-6,8-9,15H,3-4,7H2,1H3,(H,16,17)/p-1. The molecule has 1 atom stereocenters. The fraction of sp³-hybridized carbons (Fsp3) is 0.385. The lowest BCUT2D eigenvalue weighted by Gasteiger charge is -2.13. The van der Waals surface area contributed by atoms with E-state index in [-0.39, 0.29) is 17.9 Å². The molecular weight excluding hydrogens is 236 g/mol. The SMILES string of the molecule is CC(CCCOc1cccc(O)c1C=O)C(=O)[O-]. The van der Waals surface area contributed by atoms with Crippen LogP contribution in [0.25, 0.3) is 0 Å². The van der Waals surface area contributed by atoms with Crippen molar-refractivity contribution in [1.29, 1.82) is 0 Å². The quantitative estimate of drug-likeness (QED) is 0.570. The Morgan fingerprint density at radius 3 is 2.89 bits per heavy atom. The van der Waals surface area contributed by atoms with Gasteiger partial charge in [0.25, 0.3) is 0 Å². The number of carbonyl (C=O) groups excluding carboxylic acids is 2. The van der Waals surface area contributed by atoms with E-state index in [1.807, 2.05) is 0 Å². The maximum absolute atomic E-state index is 10.8. The monoisotopic (exact) mass is 251 g/mol. The molecule has 1 aromatic carbocycles. The van der Waals surface area contributed by atoms with Gasteiger partial charge in [-0.2, -0.15) is 0 Å². The molecule has 0 radical (unpaired) electrons. The lowest BCUT2D eigenvalue weighted by molar-refractivity contribution is -0.311. The molecule has 0 saturated carbocycles.